The van der Waals surface area contributed by atoms with E-state index < -0.39 is 0 Å². The average molecular weight is 219 g/mol. The third kappa shape index (κ3) is 2.69. The van der Waals surface area contributed by atoms with E-state index in [1.54, 1.807) is 0 Å². The van der Waals surface area contributed by atoms with Crippen LogP contribution in [0.4, 0.5) is 5.69 Å². The van der Waals surface area contributed by atoms with Gasteiger partial charge in [-0.05, 0) is 50.5 Å². The van der Waals surface area contributed by atoms with E-state index in [0.29, 0.717) is 6.04 Å². The van der Waals surface area contributed by atoms with E-state index >= 15 is 0 Å². The Morgan fingerprint density at radius 2 is 2.06 bits per heavy atom. The number of nitrogens with one attached hydrogen (secondary N) is 1. The zero-order chi connectivity index (χ0) is 11.4. The molecular formula is C14H21NO. The summed E-state index contributed by atoms with van der Waals surface area (Å²) in [5, 5.41) is 3.60. The van der Waals surface area contributed by atoms with Crippen molar-refractivity contribution in [2.24, 2.45) is 0 Å². The largest absolute Gasteiger partial charge is 0.494 e. The Hall–Kier alpha value is -1.18. The Kier molecular flexibility index (Phi) is 3.70. The van der Waals surface area contributed by atoms with E-state index in [4.69, 9.17) is 4.74 Å². The third-order valence-corrected chi connectivity index (χ3v) is 3.20. The van der Waals surface area contributed by atoms with Gasteiger partial charge in [0.05, 0.1) is 6.61 Å². The van der Waals surface area contributed by atoms with Crippen molar-refractivity contribution in [2.75, 3.05) is 11.9 Å². The highest BCUT2D eigenvalue weighted by atomic mass is 16.5. The molecule has 0 bridgehead atoms. The summed E-state index contributed by atoms with van der Waals surface area (Å²) in [6.07, 6.45) is 5.36. The molecule has 16 heavy (non-hydrogen) atoms. The molecule has 0 aliphatic heterocycles. The lowest BCUT2D eigenvalue weighted by molar-refractivity contribution is 0.338. The minimum absolute atomic E-state index is 0.678. The molecular weight excluding hydrogens is 198 g/mol. The molecule has 1 aliphatic rings. The zero-order valence-corrected chi connectivity index (χ0v) is 10.3. The van der Waals surface area contributed by atoms with E-state index in [2.05, 4.69) is 30.4 Å². The molecule has 0 atom stereocenters. The smallest absolute Gasteiger partial charge is 0.122 e. The number of hydrogen-bond acceptors (Lipinski definition) is 2. The first-order chi connectivity index (χ1) is 7.79. The molecule has 1 aromatic rings. The van der Waals surface area contributed by atoms with Gasteiger partial charge >= 0.3 is 0 Å². The second-order valence-corrected chi connectivity index (χ2v) is 4.54. The molecule has 0 aromatic heterocycles. The molecule has 1 N–H and O–H groups in total. The van der Waals surface area contributed by atoms with Crippen LogP contribution in [0.3, 0.4) is 0 Å². The van der Waals surface area contributed by atoms with Gasteiger partial charge in [0.2, 0.25) is 0 Å². The van der Waals surface area contributed by atoms with Crippen molar-refractivity contribution >= 4 is 5.69 Å². The highest BCUT2D eigenvalue weighted by Gasteiger charge is 2.14. The summed E-state index contributed by atoms with van der Waals surface area (Å²) in [5.74, 6) is 1.000. The molecule has 2 rings (SSSR count). The number of ether oxygens (including phenoxy) is 1. The van der Waals surface area contributed by atoms with Crippen molar-refractivity contribution in [2.45, 2.75) is 45.6 Å². The summed E-state index contributed by atoms with van der Waals surface area (Å²) in [7, 11) is 0. The fourth-order valence-corrected chi connectivity index (χ4v) is 2.36. The predicted octanol–water partition coefficient (Wildman–Crippen LogP) is 3.75. The van der Waals surface area contributed by atoms with Gasteiger partial charge in [-0.1, -0.05) is 12.8 Å². The normalized spacial score (nSPS) is 16.4. The molecule has 1 saturated carbocycles. The van der Waals surface area contributed by atoms with Crippen molar-refractivity contribution in [1.82, 2.24) is 0 Å². The van der Waals surface area contributed by atoms with Crippen LogP contribution in [0.25, 0.3) is 0 Å². The van der Waals surface area contributed by atoms with Crippen LogP contribution in [-0.2, 0) is 0 Å². The molecule has 1 fully saturated rings. The van der Waals surface area contributed by atoms with Gasteiger partial charge in [0.25, 0.3) is 0 Å². The average Bonchev–Trinajstić information content (AvgIpc) is 2.75. The van der Waals surface area contributed by atoms with Crippen molar-refractivity contribution in [3.8, 4) is 5.75 Å². The molecule has 88 valence electrons. The Morgan fingerprint density at radius 1 is 1.31 bits per heavy atom. The van der Waals surface area contributed by atoms with Gasteiger partial charge in [-0.15, -0.1) is 0 Å². The minimum Gasteiger partial charge on any atom is -0.494 e. The van der Waals surface area contributed by atoms with Crippen molar-refractivity contribution in [1.29, 1.82) is 0 Å². The molecule has 2 heteroatoms. The lowest BCUT2D eigenvalue weighted by Gasteiger charge is -2.15. The SMILES string of the molecule is CCOc1ccc(NC2CCCC2)cc1C. The van der Waals surface area contributed by atoms with E-state index in [1.165, 1.54) is 36.9 Å². The van der Waals surface area contributed by atoms with Gasteiger partial charge in [-0.2, -0.15) is 0 Å². The number of benzene rings is 1. The zero-order valence-electron chi connectivity index (χ0n) is 10.3. The molecule has 1 aromatic carbocycles. The maximum atomic E-state index is 5.53. The van der Waals surface area contributed by atoms with Crippen molar-refractivity contribution in [3.63, 3.8) is 0 Å². The minimum atomic E-state index is 0.678. The molecule has 2 nitrogen and oxygen atoms in total. The molecule has 0 saturated heterocycles. The molecule has 0 unspecified atom stereocenters. The van der Waals surface area contributed by atoms with Crippen LogP contribution in [0.15, 0.2) is 18.2 Å². The molecule has 0 amide bonds. The van der Waals surface area contributed by atoms with Gasteiger partial charge in [-0.25, -0.2) is 0 Å². The summed E-state index contributed by atoms with van der Waals surface area (Å²) < 4.78 is 5.53. The first kappa shape index (κ1) is 11.3. The summed E-state index contributed by atoms with van der Waals surface area (Å²) >= 11 is 0. The second kappa shape index (κ2) is 5.24. The monoisotopic (exact) mass is 219 g/mol. The summed E-state index contributed by atoms with van der Waals surface area (Å²) in [5.41, 5.74) is 2.44. The van der Waals surface area contributed by atoms with Crippen LogP contribution >= 0.6 is 0 Å². The second-order valence-electron chi connectivity index (χ2n) is 4.54. The lowest BCUT2D eigenvalue weighted by atomic mass is 10.1. The van der Waals surface area contributed by atoms with Gasteiger partial charge in [-0.3, -0.25) is 0 Å². The maximum Gasteiger partial charge on any atom is 0.122 e. The predicted molar refractivity (Wildman–Crippen MR) is 68.2 cm³/mol. The fraction of sp³-hybridized carbons (Fsp3) is 0.571. The topological polar surface area (TPSA) is 21.3 Å². The Bertz CT molecular complexity index is 343. The number of aryl methyl sites for hydroxylation is 1. The van der Waals surface area contributed by atoms with Crippen LogP contribution in [0.2, 0.25) is 0 Å². The van der Waals surface area contributed by atoms with E-state index in [0.717, 1.165) is 12.4 Å². The Balaban J connectivity index is 2.02. The highest BCUT2D eigenvalue weighted by Crippen LogP contribution is 2.26. The third-order valence-electron chi connectivity index (χ3n) is 3.20. The molecule has 0 spiro atoms. The molecule has 0 radical (unpaired) electrons. The van der Waals surface area contributed by atoms with Gasteiger partial charge in [0.15, 0.2) is 0 Å². The number of rotatable bonds is 4. The lowest BCUT2D eigenvalue weighted by Crippen LogP contribution is -2.14. The van der Waals surface area contributed by atoms with Crippen LogP contribution in [0, 0.1) is 6.92 Å². The van der Waals surface area contributed by atoms with E-state index in [1.807, 2.05) is 6.92 Å². The van der Waals surface area contributed by atoms with Crippen LogP contribution < -0.4 is 10.1 Å². The standard InChI is InChI=1S/C14H21NO/c1-3-16-14-9-8-13(10-11(14)2)15-12-6-4-5-7-12/h8-10,12,15H,3-7H2,1-2H3. The summed E-state index contributed by atoms with van der Waals surface area (Å²) in [6, 6.07) is 7.05. The van der Waals surface area contributed by atoms with E-state index in [-0.39, 0.29) is 0 Å². The first-order valence-corrected chi connectivity index (χ1v) is 6.29. The van der Waals surface area contributed by atoms with Crippen molar-refractivity contribution < 1.29 is 4.74 Å². The van der Waals surface area contributed by atoms with Gasteiger partial charge < -0.3 is 10.1 Å². The van der Waals surface area contributed by atoms with Gasteiger partial charge in [0, 0.05) is 11.7 Å². The fourth-order valence-electron chi connectivity index (χ4n) is 2.36. The highest BCUT2D eigenvalue weighted by molar-refractivity contribution is 5.51. The molecule has 1 aliphatic carbocycles. The number of anilines is 1. The van der Waals surface area contributed by atoms with Crippen LogP contribution in [0.5, 0.6) is 5.75 Å². The number of hydrogen-bond donors (Lipinski definition) is 1. The van der Waals surface area contributed by atoms with Crippen LogP contribution in [-0.4, -0.2) is 12.6 Å². The maximum absolute atomic E-state index is 5.53. The summed E-state index contributed by atoms with van der Waals surface area (Å²) in [4.78, 5) is 0. The van der Waals surface area contributed by atoms with Gasteiger partial charge in [0.1, 0.15) is 5.75 Å². The molecule has 0 heterocycles. The van der Waals surface area contributed by atoms with Crippen molar-refractivity contribution in [3.05, 3.63) is 23.8 Å². The first-order valence-electron chi connectivity index (χ1n) is 6.29. The summed E-state index contributed by atoms with van der Waals surface area (Å²) in [6.45, 7) is 4.85. The quantitative estimate of drug-likeness (QED) is 0.832. The van der Waals surface area contributed by atoms with Crippen LogP contribution in [0.1, 0.15) is 38.2 Å². The Labute approximate surface area is 98.0 Å². The van der Waals surface area contributed by atoms with E-state index in [9.17, 15) is 0 Å². The Morgan fingerprint density at radius 3 is 2.69 bits per heavy atom.